The van der Waals surface area contributed by atoms with E-state index in [1.54, 1.807) is 13.0 Å². The molecule has 7 heteroatoms. The Labute approximate surface area is 133 Å². The maximum absolute atomic E-state index is 13.1. The topological polar surface area (TPSA) is 62.5 Å². The summed E-state index contributed by atoms with van der Waals surface area (Å²) in [6.45, 7) is 4.36. The lowest BCUT2D eigenvalue weighted by Crippen LogP contribution is -2.49. The van der Waals surface area contributed by atoms with E-state index in [0.717, 1.165) is 5.56 Å². The lowest BCUT2D eigenvalue weighted by molar-refractivity contribution is -0.131. The summed E-state index contributed by atoms with van der Waals surface area (Å²) < 4.78 is 18.5. The predicted octanol–water partition coefficient (Wildman–Crippen LogP) is 1.80. The van der Waals surface area contributed by atoms with Crippen molar-refractivity contribution in [3.05, 3.63) is 41.5 Å². The van der Waals surface area contributed by atoms with Gasteiger partial charge in [0.15, 0.2) is 0 Å². The zero-order valence-corrected chi connectivity index (χ0v) is 13.0. The minimum absolute atomic E-state index is 0.0932. The largest absolute Gasteiger partial charge is 0.408 e. The summed E-state index contributed by atoms with van der Waals surface area (Å²) in [5.41, 5.74) is 0.846. The number of aryl methyl sites for hydroxylation is 2. The van der Waals surface area contributed by atoms with Gasteiger partial charge in [0.25, 0.3) is 0 Å². The van der Waals surface area contributed by atoms with Gasteiger partial charge in [0, 0.05) is 39.5 Å². The van der Waals surface area contributed by atoms with Crippen LogP contribution in [-0.4, -0.2) is 47.2 Å². The number of carbonyl (C=O) groups excluding carboxylic acids is 1. The maximum Gasteiger partial charge on any atom is 0.318 e. The monoisotopic (exact) mass is 318 g/mol. The van der Waals surface area contributed by atoms with E-state index in [-0.39, 0.29) is 11.7 Å². The molecule has 0 radical (unpaired) electrons. The molecule has 23 heavy (non-hydrogen) atoms. The molecular weight excluding hydrogens is 299 g/mol. The van der Waals surface area contributed by atoms with Gasteiger partial charge in [-0.05, 0) is 24.1 Å². The van der Waals surface area contributed by atoms with Gasteiger partial charge in [0.05, 0.1) is 0 Å². The molecule has 0 spiro atoms. The number of rotatable bonds is 4. The number of nitrogens with zero attached hydrogens (tertiary/aromatic N) is 4. The zero-order chi connectivity index (χ0) is 16.2. The first-order valence-electron chi connectivity index (χ1n) is 7.69. The molecule has 0 aliphatic carbocycles. The summed E-state index contributed by atoms with van der Waals surface area (Å²) in [7, 11) is 0. The van der Waals surface area contributed by atoms with Crippen LogP contribution in [0.1, 0.15) is 17.9 Å². The van der Waals surface area contributed by atoms with E-state index in [1.807, 2.05) is 15.9 Å². The number of carbonyl (C=O) groups is 1. The third kappa shape index (κ3) is 3.85. The standard InChI is InChI=1S/C16H19FN4O2/c1-12-18-19-16(23-12)21-9-7-20(8-10-21)15(22)6-5-13-3-2-4-14(17)11-13/h2-4,11H,5-10H2,1H3. The van der Waals surface area contributed by atoms with Crippen molar-refractivity contribution in [3.63, 3.8) is 0 Å². The van der Waals surface area contributed by atoms with Crippen molar-refractivity contribution in [1.29, 1.82) is 0 Å². The van der Waals surface area contributed by atoms with Gasteiger partial charge in [-0.2, -0.15) is 0 Å². The molecule has 2 heterocycles. The molecule has 1 aliphatic heterocycles. The lowest BCUT2D eigenvalue weighted by Gasteiger charge is -2.33. The average molecular weight is 318 g/mol. The van der Waals surface area contributed by atoms with Gasteiger partial charge in [-0.3, -0.25) is 4.79 Å². The van der Waals surface area contributed by atoms with E-state index in [0.29, 0.717) is 50.9 Å². The predicted molar refractivity (Wildman–Crippen MR) is 82.5 cm³/mol. The maximum atomic E-state index is 13.1. The summed E-state index contributed by atoms with van der Waals surface area (Å²) in [5.74, 6) is 0.364. The molecule has 3 rings (SSSR count). The first-order chi connectivity index (χ1) is 11.1. The van der Waals surface area contributed by atoms with Gasteiger partial charge in [-0.25, -0.2) is 4.39 Å². The molecule has 1 saturated heterocycles. The zero-order valence-electron chi connectivity index (χ0n) is 13.0. The highest BCUT2D eigenvalue weighted by Gasteiger charge is 2.23. The quantitative estimate of drug-likeness (QED) is 0.860. The molecule has 1 aromatic heterocycles. The molecular formula is C16H19FN4O2. The minimum atomic E-state index is -0.265. The van der Waals surface area contributed by atoms with Crippen LogP contribution in [-0.2, 0) is 11.2 Å². The number of halogens is 1. The highest BCUT2D eigenvalue weighted by Crippen LogP contribution is 2.15. The van der Waals surface area contributed by atoms with Crippen LogP contribution in [0.4, 0.5) is 10.4 Å². The van der Waals surface area contributed by atoms with E-state index >= 15 is 0 Å². The van der Waals surface area contributed by atoms with Gasteiger partial charge >= 0.3 is 6.01 Å². The molecule has 0 saturated carbocycles. The second kappa shape index (κ2) is 6.76. The summed E-state index contributed by atoms with van der Waals surface area (Å²) >= 11 is 0. The van der Waals surface area contributed by atoms with Crippen molar-refractivity contribution >= 4 is 11.9 Å². The van der Waals surface area contributed by atoms with E-state index in [1.165, 1.54) is 12.1 Å². The van der Waals surface area contributed by atoms with Gasteiger partial charge in [0.2, 0.25) is 11.8 Å². The van der Waals surface area contributed by atoms with E-state index in [4.69, 9.17) is 4.42 Å². The third-order valence-corrected chi connectivity index (χ3v) is 3.93. The highest BCUT2D eigenvalue weighted by atomic mass is 19.1. The first-order valence-corrected chi connectivity index (χ1v) is 7.69. The Morgan fingerprint density at radius 3 is 2.70 bits per heavy atom. The normalized spacial score (nSPS) is 15.0. The Morgan fingerprint density at radius 2 is 2.04 bits per heavy atom. The molecule has 0 unspecified atom stereocenters. The number of amides is 1. The van der Waals surface area contributed by atoms with Crippen LogP contribution in [0.5, 0.6) is 0 Å². The van der Waals surface area contributed by atoms with Crippen molar-refractivity contribution < 1.29 is 13.6 Å². The van der Waals surface area contributed by atoms with Gasteiger partial charge < -0.3 is 14.2 Å². The average Bonchev–Trinajstić information content (AvgIpc) is 2.99. The Kier molecular flexibility index (Phi) is 4.55. The Hall–Kier alpha value is -2.44. The van der Waals surface area contributed by atoms with Gasteiger partial charge in [-0.1, -0.05) is 17.2 Å². The van der Waals surface area contributed by atoms with Crippen LogP contribution in [0.3, 0.4) is 0 Å². The van der Waals surface area contributed by atoms with Crippen LogP contribution in [0.15, 0.2) is 28.7 Å². The van der Waals surface area contributed by atoms with Crippen LogP contribution < -0.4 is 4.90 Å². The van der Waals surface area contributed by atoms with Crippen molar-refractivity contribution in [2.45, 2.75) is 19.8 Å². The first kappa shape index (κ1) is 15.5. The molecule has 122 valence electrons. The molecule has 1 amide bonds. The van der Waals surface area contributed by atoms with Crippen LogP contribution in [0, 0.1) is 12.7 Å². The van der Waals surface area contributed by atoms with E-state index < -0.39 is 0 Å². The summed E-state index contributed by atoms with van der Waals surface area (Å²) in [6, 6.07) is 6.90. The number of piperazine rings is 1. The molecule has 0 bridgehead atoms. The second-order valence-electron chi connectivity index (χ2n) is 5.60. The smallest absolute Gasteiger partial charge is 0.318 e. The minimum Gasteiger partial charge on any atom is -0.408 e. The number of anilines is 1. The van der Waals surface area contributed by atoms with Crippen molar-refractivity contribution in [3.8, 4) is 0 Å². The molecule has 0 atom stereocenters. The number of aromatic nitrogens is 2. The van der Waals surface area contributed by atoms with E-state index in [2.05, 4.69) is 10.2 Å². The van der Waals surface area contributed by atoms with Crippen molar-refractivity contribution in [2.75, 3.05) is 31.1 Å². The SMILES string of the molecule is Cc1nnc(N2CCN(C(=O)CCc3cccc(F)c3)CC2)o1. The Bertz CT molecular complexity index is 680. The fourth-order valence-electron chi connectivity index (χ4n) is 2.66. The number of hydrogen-bond donors (Lipinski definition) is 0. The summed E-state index contributed by atoms with van der Waals surface area (Å²) in [4.78, 5) is 16.1. The number of benzene rings is 1. The third-order valence-electron chi connectivity index (χ3n) is 3.93. The molecule has 2 aromatic rings. The molecule has 1 fully saturated rings. The van der Waals surface area contributed by atoms with E-state index in [9.17, 15) is 9.18 Å². The van der Waals surface area contributed by atoms with Gasteiger partial charge in [-0.15, -0.1) is 5.10 Å². The molecule has 1 aliphatic rings. The van der Waals surface area contributed by atoms with Crippen LogP contribution in [0.2, 0.25) is 0 Å². The van der Waals surface area contributed by atoms with Gasteiger partial charge in [0.1, 0.15) is 5.82 Å². The molecule has 0 N–H and O–H groups in total. The molecule has 1 aromatic carbocycles. The molecule has 6 nitrogen and oxygen atoms in total. The lowest BCUT2D eigenvalue weighted by atomic mass is 10.1. The second-order valence-corrected chi connectivity index (χ2v) is 5.60. The van der Waals surface area contributed by atoms with Crippen molar-refractivity contribution in [1.82, 2.24) is 15.1 Å². The summed E-state index contributed by atoms with van der Waals surface area (Å²) in [6.07, 6.45) is 0.947. The highest BCUT2D eigenvalue weighted by molar-refractivity contribution is 5.76. The van der Waals surface area contributed by atoms with Crippen LogP contribution in [0.25, 0.3) is 0 Å². The summed E-state index contributed by atoms with van der Waals surface area (Å²) in [5, 5.41) is 7.81. The van der Waals surface area contributed by atoms with Crippen LogP contribution >= 0.6 is 0 Å². The fraction of sp³-hybridized carbons (Fsp3) is 0.438. The van der Waals surface area contributed by atoms with Crippen molar-refractivity contribution in [2.24, 2.45) is 0 Å². The number of hydrogen-bond acceptors (Lipinski definition) is 5. The Morgan fingerprint density at radius 1 is 1.26 bits per heavy atom. The Balaban J connectivity index is 1.48. The fourth-order valence-corrected chi connectivity index (χ4v) is 2.66.